The lowest BCUT2D eigenvalue weighted by Gasteiger charge is -2.21. The highest BCUT2D eigenvalue weighted by molar-refractivity contribution is 6.13. The molecule has 0 fully saturated rings. The molecule has 0 aliphatic carbocycles. The van der Waals surface area contributed by atoms with Crippen LogP contribution in [0.4, 0.5) is 22.0 Å². The maximum atomic E-state index is 14.3. The Hall–Kier alpha value is -3.33. The Morgan fingerprint density at radius 1 is 0.897 bits per heavy atom. The SMILES string of the molecule is O=C(O)c1c2c(c(C(O)c3c(F)c(F)c(F)c(F)c3F)c3ccccc13)CN=C2. The van der Waals surface area contributed by atoms with Gasteiger partial charge in [0.05, 0.1) is 17.7 Å². The smallest absolute Gasteiger partial charge is 0.337 e. The predicted octanol–water partition coefficient (Wildman–Crippen LogP) is 4.25. The molecule has 1 atom stereocenters. The molecule has 0 bridgehead atoms. The zero-order chi connectivity index (χ0) is 21.0. The van der Waals surface area contributed by atoms with E-state index in [1.165, 1.54) is 30.5 Å². The number of benzene rings is 3. The fourth-order valence-electron chi connectivity index (χ4n) is 3.63. The van der Waals surface area contributed by atoms with Gasteiger partial charge in [0.1, 0.15) is 6.10 Å². The van der Waals surface area contributed by atoms with Crippen LogP contribution in [0.15, 0.2) is 29.3 Å². The number of carboxylic acids is 1. The van der Waals surface area contributed by atoms with E-state index in [0.717, 1.165) is 0 Å². The summed E-state index contributed by atoms with van der Waals surface area (Å²) in [4.78, 5) is 15.7. The van der Waals surface area contributed by atoms with Crippen LogP contribution in [-0.4, -0.2) is 22.4 Å². The number of rotatable bonds is 3. The van der Waals surface area contributed by atoms with E-state index in [9.17, 15) is 37.0 Å². The van der Waals surface area contributed by atoms with E-state index in [0.29, 0.717) is 0 Å². The highest BCUT2D eigenvalue weighted by atomic mass is 19.2. The van der Waals surface area contributed by atoms with E-state index < -0.39 is 46.7 Å². The van der Waals surface area contributed by atoms with E-state index in [1.54, 1.807) is 0 Å². The number of carbonyl (C=O) groups is 1. The van der Waals surface area contributed by atoms with Gasteiger partial charge in [-0.25, -0.2) is 26.7 Å². The van der Waals surface area contributed by atoms with Crippen molar-refractivity contribution in [1.82, 2.24) is 0 Å². The van der Waals surface area contributed by atoms with Gasteiger partial charge in [-0.2, -0.15) is 0 Å². The molecule has 148 valence electrons. The van der Waals surface area contributed by atoms with E-state index >= 15 is 0 Å². The Bertz CT molecular complexity index is 1210. The molecule has 0 radical (unpaired) electrons. The molecule has 29 heavy (non-hydrogen) atoms. The van der Waals surface area contributed by atoms with Crippen molar-refractivity contribution >= 4 is 23.0 Å². The first kappa shape index (κ1) is 19.0. The van der Waals surface area contributed by atoms with Crippen molar-refractivity contribution in [3.8, 4) is 0 Å². The van der Waals surface area contributed by atoms with Gasteiger partial charge in [-0.05, 0) is 21.9 Å². The molecule has 2 N–H and O–H groups in total. The molecule has 4 nitrogen and oxygen atoms in total. The van der Waals surface area contributed by atoms with Crippen molar-refractivity contribution in [2.75, 3.05) is 0 Å². The summed E-state index contributed by atoms with van der Waals surface area (Å²) in [5.74, 6) is -12.3. The number of carboxylic acid groups (broad SMARTS) is 1. The predicted molar refractivity (Wildman–Crippen MR) is 92.5 cm³/mol. The van der Waals surface area contributed by atoms with Crippen molar-refractivity contribution in [2.45, 2.75) is 12.6 Å². The zero-order valence-electron chi connectivity index (χ0n) is 14.3. The van der Waals surface area contributed by atoms with Crippen LogP contribution >= 0.6 is 0 Å². The first-order valence-electron chi connectivity index (χ1n) is 8.25. The van der Waals surface area contributed by atoms with Crippen LogP contribution in [0, 0.1) is 29.1 Å². The molecule has 1 aliphatic rings. The Morgan fingerprint density at radius 3 is 2.03 bits per heavy atom. The number of halogens is 5. The summed E-state index contributed by atoms with van der Waals surface area (Å²) in [7, 11) is 0. The topological polar surface area (TPSA) is 69.9 Å². The second kappa shape index (κ2) is 6.63. The number of aromatic carboxylic acids is 1. The normalized spacial score (nSPS) is 13.7. The Labute approximate surface area is 159 Å². The molecule has 0 aromatic heterocycles. The minimum atomic E-state index is -2.34. The van der Waals surface area contributed by atoms with E-state index in [1.807, 2.05) is 0 Å². The zero-order valence-corrected chi connectivity index (χ0v) is 14.3. The van der Waals surface area contributed by atoms with Crippen molar-refractivity contribution < 1.29 is 37.0 Å². The van der Waals surface area contributed by atoms with Crippen LogP contribution in [0.2, 0.25) is 0 Å². The quantitative estimate of drug-likeness (QED) is 0.388. The number of nitrogens with zero attached hydrogens (tertiary/aromatic N) is 1. The summed E-state index contributed by atoms with van der Waals surface area (Å²) in [6.07, 6.45) is -1.01. The Morgan fingerprint density at radius 2 is 1.45 bits per heavy atom. The third-order valence-corrected chi connectivity index (χ3v) is 4.88. The van der Waals surface area contributed by atoms with Gasteiger partial charge in [0.15, 0.2) is 23.3 Å². The highest BCUT2D eigenvalue weighted by Gasteiger charge is 2.34. The molecule has 9 heteroatoms. The van der Waals surface area contributed by atoms with Gasteiger partial charge in [-0.15, -0.1) is 0 Å². The van der Waals surface area contributed by atoms with Crippen LogP contribution in [-0.2, 0) is 6.54 Å². The van der Waals surface area contributed by atoms with Gasteiger partial charge in [-0.1, -0.05) is 24.3 Å². The fourth-order valence-corrected chi connectivity index (χ4v) is 3.63. The molecule has 3 aromatic rings. The van der Waals surface area contributed by atoms with E-state index in [-0.39, 0.29) is 39.6 Å². The number of aliphatic hydroxyl groups excluding tert-OH is 1. The Kier molecular flexibility index (Phi) is 4.34. The minimum absolute atomic E-state index is 0.102. The van der Waals surface area contributed by atoms with Crippen LogP contribution < -0.4 is 0 Å². The first-order valence-corrected chi connectivity index (χ1v) is 8.25. The number of hydrogen-bond donors (Lipinski definition) is 2. The lowest BCUT2D eigenvalue weighted by atomic mass is 9.85. The maximum absolute atomic E-state index is 14.3. The van der Waals surface area contributed by atoms with Crippen LogP contribution in [0.25, 0.3) is 10.8 Å². The molecule has 0 saturated carbocycles. The lowest BCUT2D eigenvalue weighted by Crippen LogP contribution is -2.16. The van der Waals surface area contributed by atoms with E-state index in [4.69, 9.17) is 0 Å². The van der Waals surface area contributed by atoms with Gasteiger partial charge in [0.25, 0.3) is 0 Å². The summed E-state index contributed by atoms with van der Waals surface area (Å²) in [6.45, 7) is -0.123. The summed E-state index contributed by atoms with van der Waals surface area (Å²) in [5, 5.41) is 20.6. The van der Waals surface area contributed by atoms with Crippen molar-refractivity contribution in [1.29, 1.82) is 0 Å². The van der Waals surface area contributed by atoms with Gasteiger partial charge in [0, 0.05) is 11.8 Å². The first-order chi connectivity index (χ1) is 13.8. The molecule has 0 spiro atoms. The summed E-state index contributed by atoms with van der Waals surface area (Å²) in [6, 6.07) is 5.82. The molecule has 3 aromatic carbocycles. The second-order valence-electron chi connectivity index (χ2n) is 6.39. The highest BCUT2D eigenvalue weighted by Crippen LogP contribution is 2.40. The average molecular weight is 407 g/mol. The summed E-state index contributed by atoms with van der Waals surface area (Å²) in [5.41, 5.74) is -1.47. The molecule has 1 heterocycles. The largest absolute Gasteiger partial charge is 0.478 e. The second-order valence-corrected chi connectivity index (χ2v) is 6.39. The molecule has 1 aliphatic heterocycles. The minimum Gasteiger partial charge on any atom is -0.478 e. The number of aliphatic imine (C=N–C) groups is 1. The van der Waals surface area contributed by atoms with Crippen LogP contribution in [0.3, 0.4) is 0 Å². The molecule has 0 saturated heterocycles. The Balaban J connectivity index is 2.10. The molecule has 4 rings (SSSR count). The molecule has 0 amide bonds. The van der Waals surface area contributed by atoms with Gasteiger partial charge < -0.3 is 10.2 Å². The van der Waals surface area contributed by atoms with E-state index in [2.05, 4.69) is 4.99 Å². The maximum Gasteiger partial charge on any atom is 0.337 e. The van der Waals surface area contributed by atoms with Crippen LogP contribution in [0.1, 0.15) is 38.7 Å². The summed E-state index contributed by atoms with van der Waals surface area (Å²) >= 11 is 0. The standard InChI is InChI=1S/C20H10F5NO3/c21-14-13(15(22)17(24)18(25)16(14)23)19(27)11-7-3-1-2-4-8(7)12(20(28)29)10-6-26-5-9(10)11/h1-4,6,19,27H,5H2,(H,28,29). The molecular formula is C20H10F5NO3. The third kappa shape index (κ3) is 2.61. The molecule has 1 unspecified atom stereocenters. The summed E-state index contributed by atoms with van der Waals surface area (Å²) < 4.78 is 69.3. The van der Waals surface area contributed by atoms with Crippen LogP contribution in [0.5, 0.6) is 0 Å². The number of aliphatic hydroxyl groups is 1. The van der Waals surface area contributed by atoms with Crippen molar-refractivity contribution in [3.05, 3.63) is 81.2 Å². The molecular weight excluding hydrogens is 397 g/mol. The van der Waals surface area contributed by atoms with Gasteiger partial charge in [-0.3, -0.25) is 4.99 Å². The fraction of sp³-hybridized carbons (Fsp3) is 0.100. The van der Waals surface area contributed by atoms with Gasteiger partial charge >= 0.3 is 5.97 Å². The lowest BCUT2D eigenvalue weighted by molar-refractivity contribution is 0.0698. The van der Waals surface area contributed by atoms with Crippen molar-refractivity contribution in [3.63, 3.8) is 0 Å². The monoisotopic (exact) mass is 407 g/mol. The number of hydrogen-bond acceptors (Lipinski definition) is 3. The third-order valence-electron chi connectivity index (χ3n) is 4.88. The number of fused-ring (bicyclic) bond motifs is 2. The van der Waals surface area contributed by atoms with Crippen molar-refractivity contribution in [2.24, 2.45) is 4.99 Å². The average Bonchev–Trinajstić information content (AvgIpc) is 3.17. The van der Waals surface area contributed by atoms with Gasteiger partial charge in [0.2, 0.25) is 5.82 Å².